The van der Waals surface area contributed by atoms with Crippen LogP contribution in [-0.2, 0) is 0 Å². The summed E-state index contributed by atoms with van der Waals surface area (Å²) in [5.74, 6) is -0.478. The Labute approximate surface area is 263 Å². The van der Waals surface area contributed by atoms with Gasteiger partial charge in [-0.05, 0) is 55.1 Å². The monoisotopic (exact) mass is 600 g/mol. The zero-order valence-electron chi connectivity index (χ0n) is 24.6. The Balaban J connectivity index is 1.45. The van der Waals surface area contributed by atoms with Crippen LogP contribution in [0.3, 0.4) is 0 Å². The fraction of sp³-hybridized carbons (Fsp3) is 0. The van der Waals surface area contributed by atoms with Gasteiger partial charge in [0.05, 0.1) is 0 Å². The first-order valence-electron chi connectivity index (χ1n) is 15.1. The topological polar surface area (TPSA) is 0 Å². The fourth-order valence-corrected chi connectivity index (χ4v) is 11.1. The van der Waals surface area contributed by atoms with E-state index in [1.54, 1.807) is 12.1 Å². The Morgan fingerprint density at radius 3 is 1.00 bits per heavy atom. The number of rotatable bonds is 7. The van der Waals surface area contributed by atoms with Crippen LogP contribution in [-0.4, -0.2) is 8.07 Å². The van der Waals surface area contributed by atoms with Crippen LogP contribution in [0.4, 0.5) is 8.78 Å². The van der Waals surface area contributed by atoms with Crippen LogP contribution in [0.5, 0.6) is 0 Å². The quantitative estimate of drug-likeness (QED) is 0.127. The molecule has 0 radical (unpaired) electrons. The molecule has 0 saturated carbocycles. The minimum absolute atomic E-state index is 0.239. The van der Waals surface area contributed by atoms with Gasteiger partial charge in [-0.2, -0.15) is 0 Å². The summed E-state index contributed by atoms with van der Waals surface area (Å²) in [6.07, 6.45) is 0. The van der Waals surface area contributed by atoms with E-state index in [0.29, 0.717) is 11.1 Å². The lowest BCUT2D eigenvalue weighted by atomic mass is 10.1. The molecule has 0 saturated heterocycles. The SMILES string of the molecule is Fc1ccccc1-c1ccc([Si](c2ccccc2)(c2ccc(-c3ccccc3)cc2)c2ccc(-c3ccccc3F)cc2)cc1. The van der Waals surface area contributed by atoms with E-state index in [0.717, 1.165) is 16.7 Å². The fourth-order valence-electron chi connectivity index (χ4n) is 6.42. The standard InChI is InChI=1S/C42H30F2Si/c43-41-17-9-7-15-39(41)33-21-27-37(28-22-33)45(35-13-5-2-6-14-35,36-25-19-32(20-26-36)31-11-3-1-4-12-31)38-29-23-34(24-30-38)40-16-8-10-18-42(40)44/h1-30H. The van der Waals surface area contributed by atoms with E-state index in [1.807, 2.05) is 60.7 Å². The second-order valence-electron chi connectivity index (χ2n) is 11.2. The van der Waals surface area contributed by atoms with Crippen molar-refractivity contribution in [2.45, 2.75) is 0 Å². The van der Waals surface area contributed by atoms with Gasteiger partial charge in [-0.25, -0.2) is 8.78 Å². The summed E-state index contributed by atoms with van der Waals surface area (Å²) in [5.41, 5.74) is 5.15. The molecular weight excluding hydrogens is 571 g/mol. The molecule has 7 rings (SSSR count). The summed E-state index contributed by atoms with van der Waals surface area (Å²) in [7, 11) is -2.89. The average Bonchev–Trinajstić information content (AvgIpc) is 3.11. The minimum atomic E-state index is -2.89. The molecule has 3 heteroatoms. The molecule has 0 aliphatic rings. The van der Waals surface area contributed by atoms with E-state index >= 15 is 0 Å². The van der Waals surface area contributed by atoms with Crippen molar-refractivity contribution in [3.8, 4) is 33.4 Å². The third-order valence-electron chi connectivity index (χ3n) is 8.64. The van der Waals surface area contributed by atoms with Gasteiger partial charge in [0.15, 0.2) is 8.07 Å². The van der Waals surface area contributed by atoms with Crippen molar-refractivity contribution in [3.63, 3.8) is 0 Å². The van der Waals surface area contributed by atoms with Gasteiger partial charge in [0.1, 0.15) is 11.6 Å². The van der Waals surface area contributed by atoms with Crippen molar-refractivity contribution >= 4 is 28.8 Å². The van der Waals surface area contributed by atoms with Gasteiger partial charge in [0, 0.05) is 11.1 Å². The maximum absolute atomic E-state index is 14.8. The Kier molecular flexibility index (Phi) is 7.77. The van der Waals surface area contributed by atoms with E-state index in [1.165, 1.54) is 38.4 Å². The molecule has 0 aromatic heterocycles. The molecule has 0 aliphatic carbocycles. The second-order valence-corrected chi connectivity index (χ2v) is 15.0. The van der Waals surface area contributed by atoms with E-state index in [4.69, 9.17) is 0 Å². The van der Waals surface area contributed by atoms with Gasteiger partial charge >= 0.3 is 0 Å². The zero-order chi connectivity index (χ0) is 30.6. The molecule has 0 N–H and O–H groups in total. The number of hydrogen-bond acceptors (Lipinski definition) is 0. The third-order valence-corrected chi connectivity index (χ3v) is 13.4. The van der Waals surface area contributed by atoms with Gasteiger partial charge in [-0.1, -0.05) is 170 Å². The van der Waals surface area contributed by atoms with Crippen molar-refractivity contribution in [1.82, 2.24) is 0 Å². The highest BCUT2D eigenvalue weighted by atomic mass is 28.3. The largest absolute Gasteiger partial charge is 0.206 e. The molecule has 216 valence electrons. The number of benzene rings is 7. The summed E-state index contributed by atoms with van der Waals surface area (Å²) < 4.78 is 29.5. The van der Waals surface area contributed by atoms with E-state index in [9.17, 15) is 8.78 Å². The summed E-state index contributed by atoms with van der Waals surface area (Å²) in [4.78, 5) is 0. The molecule has 45 heavy (non-hydrogen) atoms. The van der Waals surface area contributed by atoms with Crippen molar-refractivity contribution in [2.24, 2.45) is 0 Å². The molecule has 0 amide bonds. The molecule has 0 unspecified atom stereocenters. The maximum Gasteiger partial charge on any atom is 0.179 e. The lowest BCUT2D eigenvalue weighted by molar-refractivity contribution is 0.631. The number of halogens is 2. The molecule has 0 aliphatic heterocycles. The highest BCUT2D eigenvalue weighted by molar-refractivity contribution is 7.19. The van der Waals surface area contributed by atoms with Gasteiger partial charge < -0.3 is 0 Å². The van der Waals surface area contributed by atoms with Crippen LogP contribution >= 0.6 is 0 Å². The van der Waals surface area contributed by atoms with Crippen molar-refractivity contribution < 1.29 is 8.78 Å². The van der Waals surface area contributed by atoms with Crippen LogP contribution in [0, 0.1) is 11.6 Å². The average molecular weight is 601 g/mol. The first-order valence-corrected chi connectivity index (χ1v) is 17.1. The predicted octanol–water partition coefficient (Wildman–Crippen LogP) is 8.34. The van der Waals surface area contributed by atoms with Crippen LogP contribution in [0.1, 0.15) is 0 Å². The van der Waals surface area contributed by atoms with E-state index in [2.05, 4.69) is 97.1 Å². The smallest absolute Gasteiger partial charge is 0.179 e. The lowest BCUT2D eigenvalue weighted by Gasteiger charge is -2.35. The molecule has 7 aromatic rings. The molecule has 0 spiro atoms. The van der Waals surface area contributed by atoms with Gasteiger partial charge in [0.25, 0.3) is 0 Å². The maximum atomic E-state index is 14.8. The van der Waals surface area contributed by atoms with Crippen LogP contribution in [0.25, 0.3) is 33.4 Å². The van der Waals surface area contributed by atoms with Crippen molar-refractivity contribution in [2.75, 3.05) is 0 Å². The van der Waals surface area contributed by atoms with Crippen molar-refractivity contribution in [3.05, 3.63) is 194 Å². The second kappa shape index (κ2) is 12.3. The first-order chi connectivity index (χ1) is 22.1. The van der Waals surface area contributed by atoms with Gasteiger partial charge in [0.2, 0.25) is 0 Å². The van der Waals surface area contributed by atoms with Crippen LogP contribution in [0.2, 0.25) is 0 Å². The summed E-state index contributed by atoms with van der Waals surface area (Å²) in [5, 5.41) is 4.82. The Morgan fingerprint density at radius 1 is 0.267 bits per heavy atom. The van der Waals surface area contributed by atoms with E-state index in [-0.39, 0.29) is 11.6 Å². The third kappa shape index (κ3) is 5.32. The molecule has 0 heterocycles. The predicted molar refractivity (Wildman–Crippen MR) is 186 cm³/mol. The van der Waals surface area contributed by atoms with Crippen LogP contribution in [0.15, 0.2) is 182 Å². The van der Waals surface area contributed by atoms with E-state index < -0.39 is 8.07 Å². The molecular formula is C42H30F2Si. The van der Waals surface area contributed by atoms with Gasteiger partial charge in [-0.15, -0.1) is 0 Å². The molecule has 7 aromatic carbocycles. The molecule has 0 fully saturated rings. The summed E-state index contributed by atoms with van der Waals surface area (Å²) in [6.45, 7) is 0. The Hall–Kier alpha value is -5.38. The summed E-state index contributed by atoms with van der Waals surface area (Å²) in [6, 6.07) is 60.5. The molecule has 0 nitrogen and oxygen atoms in total. The minimum Gasteiger partial charge on any atom is -0.206 e. The highest BCUT2D eigenvalue weighted by Crippen LogP contribution is 2.25. The molecule has 0 atom stereocenters. The number of hydrogen-bond donors (Lipinski definition) is 0. The highest BCUT2D eigenvalue weighted by Gasteiger charge is 2.41. The summed E-state index contributed by atoms with van der Waals surface area (Å²) >= 11 is 0. The Bertz CT molecular complexity index is 1950. The molecule has 0 bridgehead atoms. The first kappa shape index (κ1) is 28.4. The lowest BCUT2D eigenvalue weighted by Crippen LogP contribution is -2.74. The Morgan fingerprint density at radius 2 is 0.578 bits per heavy atom. The van der Waals surface area contributed by atoms with Gasteiger partial charge in [-0.3, -0.25) is 0 Å². The van der Waals surface area contributed by atoms with Crippen LogP contribution < -0.4 is 20.7 Å². The normalized spacial score (nSPS) is 11.3. The van der Waals surface area contributed by atoms with Crippen molar-refractivity contribution in [1.29, 1.82) is 0 Å². The zero-order valence-corrected chi connectivity index (χ0v) is 25.6.